The number of rotatable bonds is 4. The number of hydrogen-bond donors (Lipinski definition) is 1. The van der Waals surface area contributed by atoms with Crippen LogP contribution in [-0.4, -0.2) is 55.5 Å². The fourth-order valence-electron chi connectivity index (χ4n) is 4.16. The molecule has 0 bridgehead atoms. The second-order valence-electron chi connectivity index (χ2n) is 8.17. The topological polar surface area (TPSA) is 86.8 Å². The summed E-state index contributed by atoms with van der Waals surface area (Å²) < 4.78 is 25.4. The minimum atomic E-state index is -3.63. The lowest BCUT2D eigenvalue weighted by molar-refractivity contribution is -0.133. The Bertz CT molecular complexity index is 866. The number of amides is 2. The second kappa shape index (κ2) is 8.62. The molecule has 2 fully saturated rings. The Morgan fingerprint density at radius 2 is 1.72 bits per heavy atom. The summed E-state index contributed by atoms with van der Waals surface area (Å²) >= 11 is 5.98. The summed E-state index contributed by atoms with van der Waals surface area (Å²) in [5.41, 5.74) is -0.843. The summed E-state index contributed by atoms with van der Waals surface area (Å²) in [6.45, 7) is 1.23. The molecule has 2 aliphatic rings. The van der Waals surface area contributed by atoms with Gasteiger partial charge in [0.1, 0.15) is 5.54 Å². The van der Waals surface area contributed by atoms with E-state index in [4.69, 9.17) is 11.6 Å². The van der Waals surface area contributed by atoms with Crippen molar-refractivity contribution in [2.24, 2.45) is 0 Å². The normalized spacial score (nSPS) is 24.9. The largest absolute Gasteiger partial charge is 0.351 e. The first-order valence-corrected chi connectivity index (χ1v) is 12.2. The lowest BCUT2D eigenvalue weighted by Gasteiger charge is -2.47. The Labute approximate surface area is 177 Å². The number of nitrogens with zero attached hydrogens (tertiary/aromatic N) is 2. The van der Waals surface area contributed by atoms with E-state index in [0.29, 0.717) is 10.7 Å². The zero-order valence-corrected chi connectivity index (χ0v) is 18.4. The van der Waals surface area contributed by atoms with Crippen molar-refractivity contribution >= 4 is 39.1 Å². The van der Waals surface area contributed by atoms with Gasteiger partial charge in [-0.25, -0.2) is 8.42 Å². The second-order valence-corrected chi connectivity index (χ2v) is 10.6. The number of carbonyl (C=O) groups is 2. The van der Waals surface area contributed by atoms with Gasteiger partial charge in [0, 0.05) is 23.3 Å². The van der Waals surface area contributed by atoms with Gasteiger partial charge in [-0.3, -0.25) is 14.5 Å². The van der Waals surface area contributed by atoms with Gasteiger partial charge in [0.05, 0.1) is 12.8 Å². The van der Waals surface area contributed by atoms with E-state index in [2.05, 4.69) is 5.32 Å². The molecule has 1 heterocycles. The van der Waals surface area contributed by atoms with Crippen molar-refractivity contribution in [3.63, 3.8) is 0 Å². The molecular weight excluding hydrogens is 414 g/mol. The number of anilines is 1. The Hall–Kier alpha value is -1.64. The lowest BCUT2D eigenvalue weighted by Crippen LogP contribution is -2.70. The Morgan fingerprint density at radius 1 is 1.14 bits per heavy atom. The molecule has 0 radical (unpaired) electrons. The Balaban J connectivity index is 1.95. The quantitative estimate of drug-likeness (QED) is 0.727. The zero-order chi connectivity index (χ0) is 21.2. The van der Waals surface area contributed by atoms with E-state index in [1.165, 1.54) is 4.90 Å². The van der Waals surface area contributed by atoms with Crippen LogP contribution in [0.5, 0.6) is 0 Å². The SMILES string of the molecule is CC1(C(=O)NC2CCCCCC2)CN(S(C)(=O)=O)CC(=O)N1c1ccc(Cl)cc1. The van der Waals surface area contributed by atoms with Crippen LogP contribution in [0, 0.1) is 0 Å². The van der Waals surface area contributed by atoms with Crippen LogP contribution in [-0.2, 0) is 19.6 Å². The molecule has 1 saturated heterocycles. The Morgan fingerprint density at radius 3 is 2.28 bits per heavy atom. The molecule has 160 valence electrons. The summed E-state index contributed by atoms with van der Waals surface area (Å²) in [4.78, 5) is 27.8. The molecule has 2 amide bonds. The van der Waals surface area contributed by atoms with E-state index >= 15 is 0 Å². The summed E-state index contributed by atoms with van der Waals surface area (Å²) in [7, 11) is -3.63. The van der Waals surface area contributed by atoms with Gasteiger partial charge in [0.2, 0.25) is 21.8 Å². The zero-order valence-electron chi connectivity index (χ0n) is 16.9. The molecule has 1 N–H and O–H groups in total. The molecule has 9 heteroatoms. The highest BCUT2D eigenvalue weighted by Crippen LogP contribution is 2.32. The van der Waals surface area contributed by atoms with Gasteiger partial charge in [0.15, 0.2) is 0 Å². The van der Waals surface area contributed by atoms with Crippen LogP contribution < -0.4 is 10.2 Å². The molecule has 0 aromatic heterocycles. The van der Waals surface area contributed by atoms with Crippen LogP contribution in [0.2, 0.25) is 5.02 Å². The number of hydrogen-bond acceptors (Lipinski definition) is 4. The van der Waals surface area contributed by atoms with Gasteiger partial charge < -0.3 is 5.32 Å². The molecule has 0 spiro atoms. The molecule has 1 saturated carbocycles. The van der Waals surface area contributed by atoms with Gasteiger partial charge >= 0.3 is 0 Å². The monoisotopic (exact) mass is 441 g/mol. The third-order valence-corrected chi connectivity index (χ3v) is 7.22. The van der Waals surface area contributed by atoms with Gasteiger partial charge in [-0.15, -0.1) is 0 Å². The highest BCUT2D eigenvalue weighted by Gasteiger charge is 2.50. The summed E-state index contributed by atoms with van der Waals surface area (Å²) in [5, 5.41) is 3.61. The molecule has 1 aromatic rings. The fraction of sp³-hybridized carbons (Fsp3) is 0.600. The van der Waals surface area contributed by atoms with Gasteiger partial charge in [-0.05, 0) is 44.0 Å². The number of halogens is 1. The lowest BCUT2D eigenvalue weighted by atomic mass is 9.93. The van der Waals surface area contributed by atoms with Gasteiger partial charge in [-0.1, -0.05) is 37.3 Å². The number of piperazine rings is 1. The number of nitrogens with one attached hydrogen (secondary N) is 1. The highest BCUT2D eigenvalue weighted by molar-refractivity contribution is 7.88. The van der Waals surface area contributed by atoms with Crippen molar-refractivity contribution in [2.75, 3.05) is 24.2 Å². The van der Waals surface area contributed by atoms with E-state index in [1.807, 2.05) is 0 Å². The van der Waals surface area contributed by atoms with Gasteiger partial charge in [-0.2, -0.15) is 4.31 Å². The number of benzene rings is 1. The van der Waals surface area contributed by atoms with Gasteiger partial charge in [0.25, 0.3) is 0 Å². The van der Waals surface area contributed by atoms with Crippen LogP contribution in [0.15, 0.2) is 24.3 Å². The van der Waals surface area contributed by atoms with Crippen LogP contribution in [0.4, 0.5) is 5.69 Å². The smallest absolute Gasteiger partial charge is 0.247 e. The Kier molecular flexibility index (Phi) is 6.55. The molecule has 1 aliphatic carbocycles. The van der Waals surface area contributed by atoms with E-state index in [9.17, 15) is 18.0 Å². The molecule has 7 nitrogen and oxygen atoms in total. The number of carbonyl (C=O) groups excluding carboxylic acids is 2. The fourth-order valence-corrected chi connectivity index (χ4v) is 5.12. The number of sulfonamides is 1. The van der Waals surface area contributed by atoms with Crippen molar-refractivity contribution < 1.29 is 18.0 Å². The molecule has 1 unspecified atom stereocenters. The third kappa shape index (κ3) is 4.92. The van der Waals surface area contributed by atoms with Crippen molar-refractivity contribution in [1.29, 1.82) is 0 Å². The molecule has 1 aliphatic heterocycles. The van der Waals surface area contributed by atoms with E-state index in [0.717, 1.165) is 49.1 Å². The first-order chi connectivity index (χ1) is 13.6. The van der Waals surface area contributed by atoms with Crippen molar-refractivity contribution in [2.45, 2.75) is 57.0 Å². The molecular formula is C20H28ClN3O4S. The van der Waals surface area contributed by atoms with Crippen LogP contribution in [0.1, 0.15) is 45.4 Å². The summed E-state index contributed by atoms with van der Waals surface area (Å²) in [6, 6.07) is 6.69. The molecule has 29 heavy (non-hydrogen) atoms. The molecule has 3 rings (SSSR count). The van der Waals surface area contributed by atoms with Crippen molar-refractivity contribution in [3.05, 3.63) is 29.3 Å². The average Bonchev–Trinajstić information content (AvgIpc) is 2.90. The van der Waals surface area contributed by atoms with E-state index < -0.39 is 21.5 Å². The van der Waals surface area contributed by atoms with Crippen LogP contribution >= 0.6 is 11.6 Å². The average molecular weight is 442 g/mol. The van der Waals surface area contributed by atoms with Crippen LogP contribution in [0.3, 0.4) is 0 Å². The summed E-state index contributed by atoms with van der Waals surface area (Å²) in [5.74, 6) is -0.774. The third-order valence-electron chi connectivity index (χ3n) is 5.77. The standard InChI is InChI=1S/C20H28ClN3O4S/c1-20(19(26)22-16-7-5-3-4-6-8-16)14-23(29(2,27)28)13-18(25)24(20)17-11-9-15(21)10-12-17/h9-12,16H,3-8,13-14H2,1-2H3,(H,22,26). The first kappa shape index (κ1) is 22.1. The van der Waals surface area contributed by atoms with Crippen LogP contribution in [0.25, 0.3) is 0 Å². The molecule has 1 atom stereocenters. The minimum absolute atomic E-state index is 0.0394. The maximum Gasteiger partial charge on any atom is 0.247 e. The molecule has 1 aromatic carbocycles. The maximum absolute atomic E-state index is 13.4. The van der Waals surface area contributed by atoms with E-state index in [-0.39, 0.29) is 25.0 Å². The van der Waals surface area contributed by atoms with E-state index in [1.54, 1.807) is 31.2 Å². The minimum Gasteiger partial charge on any atom is -0.351 e. The first-order valence-electron chi connectivity index (χ1n) is 9.96. The predicted octanol–water partition coefficient (Wildman–Crippen LogP) is 2.55. The van der Waals surface area contributed by atoms with Crippen molar-refractivity contribution in [1.82, 2.24) is 9.62 Å². The maximum atomic E-state index is 13.4. The van der Waals surface area contributed by atoms with Crippen molar-refractivity contribution in [3.8, 4) is 0 Å². The summed E-state index contributed by atoms with van der Waals surface area (Å²) in [6.07, 6.45) is 7.26. The predicted molar refractivity (Wildman–Crippen MR) is 113 cm³/mol. The highest BCUT2D eigenvalue weighted by atomic mass is 35.5.